The Hall–Kier alpha value is -0.830. The van der Waals surface area contributed by atoms with E-state index >= 15 is 0 Å². The fraction of sp³-hybridized carbons (Fsp3) is 0.667. The summed E-state index contributed by atoms with van der Waals surface area (Å²) < 4.78 is 0. The molecule has 1 atom stereocenters. The SMILES string of the molecule is CC(C)CC1(N)C=NC(N)=CC1. The number of hydrogen-bond donors (Lipinski definition) is 2. The Morgan fingerprint density at radius 1 is 1.67 bits per heavy atom. The molecule has 0 radical (unpaired) electrons. The van der Waals surface area contributed by atoms with Crippen LogP contribution in [-0.4, -0.2) is 11.8 Å². The molecule has 0 spiro atoms. The highest BCUT2D eigenvalue weighted by atomic mass is 14.9. The summed E-state index contributed by atoms with van der Waals surface area (Å²) in [6.45, 7) is 4.31. The molecule has 0 bridgehead atoms. The van der Waals surface area contributed by atoms with Crippen LogP contribution in [0.2, 0.25) is 0 Å². The van der Waals surface area contributed by atoms with Crippen LogP contribution in [-0.2, 0) is 0 Å². The van der Waals surface area contributed by atoms with Gasteiger partial charge in [0, 0.05) is 6.21 Å². The van der Waals surface area contributed by atoms with Crippen molar-refractivity contribution in [3.63, 3.8) is 0 Å². The predicted molar refractivity (Wildman–Crippen MR) is 51.8 cm³/mol. The normalized spacial score (nSPS) is 29.2. The predicted octanol–water partition coefficient (Wildman–Crippen LogP) is 1.00. The quantitative estimate of drug-likeness (QED) is 0.644. The van der Waals surface area contributed by atoms with E-state index < -0.39 is 0 Å². The summed E-state index contributed by atoms with van der Waals surface area (Å²) in [5.41, 5.74) is 11.3. The molecule has 3 heteroatoms. The van der Waals surface area contributed by atoms with E-state index in [1.807, 2.05) is 6.08 Å². The van der Waals surface area contributed by atoms with Crippen molar-refractivity contribution in [2.24, 2.45) is 22.4 Å². The molecule has 1 rings (SSSR count). The number of hydrogen-bond acceptors (Lipinski definition) is 3. The van der Waals surface area contributed by atoms with Gasteiger partial charge >= 0.3 is 0 Å². The Labute approximate surface area is 73.5 Å². The lowest BCUT2D eigenvalue weighted by atomic mass is 9.87. The van der Waals surface area contributed by atoms with Crippen molar-refractivity contribution in [2.45, 2.75) is 32.2 Å². The van der Waals surface area contributed by atoms with Gasteiger partial charge in [0.15, 0.2) is 0 Å². The van der Waals surface area contributed by atoms with Gasteiger partial charge in [-0.15, -0.1) is 0 Å². The lowest BCUT2D eigenvalue weighted by molar-refractivity contribution is 0.438. The molecule has 0 aromatic rings. The first-order chi connectivity index (χ1) is 5.52. The zero-order valence-electron chi connectivity index (χ0n) is 7.75. The van der Waals surface area contributed by atoms with Gasteiger partial charge in [-0.05, 0) is 24.8 Å². The molecule has 0 saturated carbocycles. The molecular weight excluding hydrogens is 150 g/mol. The van der Waals surface area contributed by atoms with Crippen LogP contribution in [0.1, 0.15) is 26.7 Å². The van der Waals surface area contributed by atoms with Crippen molar-refractivity contribution in [3.05, 3.63) is 11.9 Å². The molecule has 0 aromatic heterocycles. The van der Waals surface area contributed by atoms with E-state index in [2.05, 4.69) is 18.8 Å². The van der Waals surface area contributed by atoms with Crippen LogP contribution in [0.25, 0.3) is 0 Å². The first kappa shape index (κ1) is 9.26. The molecule has 12 heavy (non-hydrogen) atoms. The maximum absolute atomic E-state index is 6.07. The second kappa shape index (κ2) is 3.27. The Morgan fingerprint density at radius 3 is 2.75 bits per heavy atom. The number of nitrogens with two attached hydrogens (primary N) is 2. The zero-order chi connectivity index (χ0) is 9.19. The van der Waals surface area contributed by atoms with E-state index in [0.717, 1.165) is 12.8 Å². The van der Waals surface area contributed by atoms with Gasteiger partial charge in [0.2, 0.25) is 0 Å². The van der Waals surface area contributed by atoms with E-state index in [9.17, 15) is 0 Å². The molecule has 4 N–H and O–H groups in total. The van der Waals surface area contributed by atoms with Gasteiger partial charge in [0.25, 0.3) is 0 Å². The topological polar surface area (TPSA) is 64.4 Å². The smallest absolute Gasteiger partial charge is 0.118 e. The molecule has 1 aliphatic heterocycles. The minimum atomic E-state index is -0.267. The molecule has 68 valence electrons. The van der Waals surface area contributed by atoms with Gasteiger partial charge < -0.3 is 11.5 Å². The molecule has 0 aromatic carbocycles. The maximum Gasteiger partial charge on any atom is 0.118 e. The van der Waals surface area contributed by atoms with Crippen molar-refractivity contribution < 1.29 is 0 Å². The van der Waals surface area contributed by atoms with Crippen molar-refractivity contribution in [3.8, 4) is 0 Å². The minimum absolute atomic E-state index is 0.267. The summed E-state index contributed by atoms with van der Waals surface area (Å²) in [4.78, 5) is 4.03. The number of nitrogens with zero attached hydrogens (tertiary/aromatic N) is 1. The van der Waals surface area contributed by atoms with Crippen LogP contribution in [0.4, 0.5) is 0 Å². The summed E-state index contributed by atoms with van der Waals surface area (Å²) in [6.07, 6.45) is 5.44. The lowest BCUT2D eigenvalue weighted by Crippen LogP contribution is -2.43. The number of rotatable bonds is 2. The van der Waals surface area contributed by atoms with Crippen LogP contribution in [0.3, 0.4) is 0 Å². The van der Waals surface area contributed by atoms with E-state index in [1.54, 1.807) is 6.21 Å². The standard InChI is InChI=1S/C9H17N3/c1-7(2)5-9(11)4-3-8(10)12-6-9/h3,6-7H,4-5,10-11H2,1-2H3. The third-order valence-electron chi connectivity index (χ3n) is 1.95. The molecule has 0 saturated heterocycles. The van der Waals surface area contributed by atoms with Gasteiger partial charge in [-0.1, -0.05) is 13.8 Å². The molecule has 1 unspecified atom stereocenters. The number of aliphatic imine (C=N–C) groups is 1. The van der Waals surface area contributed by atoms with Crippen molar-refractivity contribution in [2.75, 3.05) is 0 Å². The Kier molecular flexibility index (Phi) is 2.52. The third kappa shape index (κ3) is 2.34. The van der Waals surface area contributed by atoms with Crippen molar-refractivity contribution >= 4 is 6.21 Å². The third-order valence-corrected chi connectivity index (χ3v) is 1.95. The summed E-state index contributed by atoms with van der Waals surface area (Å²) in [5.74, 6) is 1.18. The summed E-state index contributed by atoms with van der Waals surface area (Å²) in [7, 11) is 0. The van der Waals surface area contributed by atoms with E-state index in [0.29, 0.717) is 11.7 Å². The summed E-state index contributed by atoms with van der Waals surface area (Å²) in [6, 6.07) is 0. The highest BCUT2D eigenvalue weighted by Gasteiger charge is 2.24. The first-order valence-corrected chi connectivity index (χ1v) is 4.31. The van der Waals surface area contributed by atoms with E-state index in [4.69, 9.17) is 11.5 Å². The Balaban J connectivity index is 2.59. The summed E-state index contributed by atoms with van der Waals surface area (Å²) in [5, 5.41) is 0. The molecular formula is C9H17N3. The second-order valence-corrected chi connectivity index (χ2v) is 3.92. The van der Waals surface area contributed by atoms with Gasteiger partial charge in [-0.3, -0.25) is 0 Å². The van der Waals surface area contributed by atoms with Crippen LogP contribution in [0.5, 0.6) is 0 Å². The lowest BCUT2D eigenvalue weighted by Gasteiger charge is -2.27. The average molecular weight is 167 g/mol. The van der Waals surface area contributed by atoms with Gasteiger partial charge in [-0.2, -0.15) is 0 Å². The monoisotopic (exact) mass is 167 g/mol. The summed E-state index contributed by atoms with van der Waals surface area (Å²) >= 11 is 0. The molecule has 1 heterocycles. The van der Waals surface area contributed by atoms with Crippen LogP contribution >= 0.6 is 0 Å². The van der Waals surface area contributed by atoms with Gasteiger partial charge in [0.05, 0.1) is 5.54 Å². The average Bonchev–Trinajstić information content (AvgIpc) is 1.94. The first-order valence-electron chi connectivity index (χ1n) is 4.31. The minimum Gasteiger partial charge on any atom is -0.384 e. The fourth-order valence-corrected chi connectivity index (χ4v) is 1.50. The van der Waals surface area contributed by atoms with E-state index in [-0.39, 0.29) is 5.54 Å². The highest BCUT2D eigenvalue weighted by molar-refractivity contribution is 5.72. The highest BCUT2D eigenvalue weighted by Crippen LogP contribution is 2.20. The van der Waals surface area contributed by atoms with Crippen LogP contribution < -0.4 is 11.5 Å². The Morgan fingerprint density at radius 2 is 2.33 bits per heavy atom. The van der Waals surface area contributed by atoms with Gasteiger partial charge in [-0.25, -0.2) is 4.99 Å². The maximum atomic E-state index is 6.07. The largest absolute Gasteiger partial charge is 0.384 e. The second-order valence-electron chi connectivity index (χ2n) is 3.92. The van der Waals surface area contributed by atoms with E-state index in [1.165, 1.54) is 0 Å². The van der Waals surface area contributed by atoms with Crippen molar-refractivity contribution in [1.29, 1.82) is 0 Å². The fourth-order valence-electron chi connectivity index (χ4n) is 1.50. The van der Waals surface area contributed by atoms with Crippen molar-refractivity contribution in [1.82, 2.24) is 0 Å². The molecule has 0 fully saturated rings. The van der Waals surface area contributed by atoms with Crippen LogP contribution in [0, 0.1) is 5.92 Å². The molecule has 3 nitrogen and oxygen atoms in total. The van der Waals surface area contributed by atoms with Gasteiger partial charge in [0.1, 0.15) is 5.82 Å². The molecule has 0 amide bonds. The van der Waals surface area contributed by atoms with Crippen LogP contribution in [0.15, 0.2) is 16.9 Å². The molecule has 0 aliphatic carbocycles. The zero-order valence-corrected chi connectivity index (χ0v) is 7.75. The Bertz CT molecular complexity index is 218. The molecule has 1 aliphatic rings.